The Morgan fingerprint density at radius 3 is 2.47 bits per heavy atom. The van der Waals surface area contributed by atoms with Crippen molar-refractivity contribution >= 4 is 0 Å². The molecule has 0 N–H and O–H groups in total. The molecule has 0 bridgehead atoms. The molecule has 1 saturated heterocycles. The van der Waals surface area contributed by atoms with Gasteiger partial charge in [-0.2, -0.15) is 0 Å². The van der Waals surface area contributed by atoms with Crippen LogP contribution in [0.1, 0.15) is 77.6 Å². The average Bonchev–Trinajstić information content (AvgIpc) is 2.46. The van der Waals surface area contributed by atoms with Crippen LogP contribution in [0.3, 0.4) is 0 Å². The summed E-state index contributed by atoms with van der Waals surface area (Å²) in [7, 11) is 0. The molecule has 0 spiro atoms. The van der Waals surface area contributed by atoms with Gasteiger partial charge in [-0.05, 0) is 38.5 Å². The Kier molecular flexibility index (Phi) is 10.9. The van der Waals surface area contributed by atoms with Gasteiger partial charge in [0.15, 0.2) is 6.29 Å². The van der Waals surface area contributed by atoms with Gasteiger partial charge in [-0.1, -0.05) is 26.2 Å². The van der Waals surface area contributed by atoms with Gasteiger partial charge < -0.3 is 9.47 Å². The van der Waals surface area contributed by atoms with E-state index in [2.05, 4.69) is 18.8 Å². The van der Waals surface area contributed by atoms with Crippen LogP contribution in [0.25, 0.3) is 0 Å². The Hall–Kier alpha value is -0.520. The van der Waals surface area contributed by atoms with Crippen molar-refractivity contribution in [3.05, 3.63) is 0 Å². The molecule has 1 aliphatic heterocycles. The molecule has 1 rings (SSSR count). The maximum Gasteiger partial charge on any atom is 0.157 e. The first-order chi connectivity index (χ1) is 9.43. The van der Waals surface area contributed by atoms with Gasteiger partial charge in [-0.3, -0.25) is 0 Å². The summed E-state index contributed by atoms with van der Waals surface area (Å²) < 4.78 is 11.2. The molecule has 0 aromatic carbocycles. The molecule has 2 nitrogen and oxygen atoms in total. The van der Waals surface area contributed by atoms with Gasteiger partial charge in [0.2, 0.25) is 0 Å². The maximum atomic E-state index is 5.68. The fraction of sp³-hybridized carbons (Fsp3) is 0.882. The van der Waals surface area contributed by atoms with Gasteiger partial charge >= 0.3 is 0 Å². The Labute approximate surface area is 119 Å². The molecule has 1 heterocycles. The molecular weight excluding hydrogens is 236 g/mol. The number of rotatable bonds is 9. The zero-order chi connectivity index (χ0) is 13.6. The van der Waals surface area contributed by atoms with Crippen LogP contribution in [-0.4, -0.2) is 19.5 Å². The summed E-state index contributed by atoms with van der Waals surface area (Å²) in [6.07, 6.45) is 13.2. The largest absolute Gasteiger partial charge is 0.353 e. The lowest BCUT2D eigenvalue weighted by atomic mass is 10.1. The lowest BCUT2D eigenvalue weighted by molar-refractivity contribution is -0.162. The van der Waals surface area contributed by atoms with Crippen LogP contribution in [-0.2, 0) is 9.47 Å². The van der Waals surface area contributed by atoms with Crippen LogP contribution < -0.4 is 0 Å². The second kappa shape index (κ2) is 12.5. The molecule has 0 radical (unpaired) electrons. The molecule has 0 amide bonds. The van der Waals surface area contributed by atoms with E-state index in [9.17, 15) is 0 Å². The van der Waals surface area contributed by atoms with Crippen LogP contribution in [0.4, 0.5) is 0 Å². The van der Waals surface area contributed by atoms with Crippen LogP contribution in [0, 0.1) is 11.8 Å². The molecule has 19 heavy (non-hydrogen) atoms. The van der Waals surface area contributed by atoms with E-state index >= 15 is 0 Å². The van der Waals surface area contributed by atoms with Crippen molar-refractivity contribution in [2.24, 2.45) is 0 Å². The van der Waals surface area contributed by atoms with E-state index in [4.69, 9.17) is 9.47 Å². The van der Waals surface area contributed by atoms with E-state index in [0.29, 0.717) is 0 Å². The summed E-state index contributed by atoms with van der Waals surface area (Å²) >= 11 is 0. The van der Waals surface area contributed by atoms with Gasteiger partial charge in [0.1, 0.15) is 0 Å². The SMILES string of the molecule is CCCCCCC#CCCCCO[C@H]1CCCCO1. The highest BCUT2D eigenvalue weighted by atomic mass is 16.7. The van der Waals surface area contributed by atoms with E-state index in [1.807, 2.05) is 0 Å². The summed E-state index contributed by atoms with van der Waals surface area (Å²) in [5.41, 5.74) is 0. The van der Waals surface area contributed by atoms with E-state index < -0.39 is 0 Å². The van der Waals surface area contributed by atoms with Crippen LogP contribution in [0.5, 0.6) is 0 Å². The minimum Gasteiger partial charge on any atom is -0.353 e. The van der Waals surface area contributed by atoms with Crippen molar-refractivity contribution in [1.29, 1.82) is 0 Å². The topological polar surface area (TPSA) is 18.5 Å². The predicted molar refractivity (Wildman–Crippen MR) is 79.9 cm³/mol. The lowest BCUT2D eigenvalue weighted by Gasteiger charge is -2.22. The number of hydrogen-bond donors (Lipinski definition) is 0. The van der Waals surface area contributed by atoms with Crippen LogP contribution in [0.15, 0.2) is 0 Å². The summed E-state index contributed by atoms with van der Waals surface area (Å²) in [5.74, 6) is 6.53. The van der Waals surface area contributed by atoms with Crippen molar-refractivity contribution in [1.82, 2.24) is 0 Å². The molecule has 0 saturated carbocycles. The Morgan fingerprint density at radius 2 is 1.79 bits per heavy atom. The van der Waals surface area contributed by atoms with Gasteiger partial charge in [-0.25, -0.2) is 0 Å². The highest BCUT2D eigenvalue weighted by molar-refractivity contribution is 4.98. The molecule has 0 unspecified atom stereocenters. The van der Waals surface area contributed by atoms with Crippen molar-refractivity contribution < 1.29 is 9.47 Å². The minimum absolute atomic E-state index is 0.0680. The molecule has 2 heteroatoms. The third kappa shape index (κ3) is 9.99. The van der Waals surface area contributed by atoms with Crippen LogP contribution in [0.2, 0.25) is 0 Å². The average molecular weight is 266 g/mol. The van der Waals surface area contributed by atoms with E-state index in [-0.39, 0.29) is 6.29 Å². The smallest absolute Gasteiger partial charge is 0.157 e. The molecular formula is C17H30O2. The highest BCUT2D eigenvalue weighted by Crippen LogP contribution is 2.14. The Morgan fingerprint density at radius 1 is 1.00 bits per heavy atom. The first kappa shape index (κ1) is 16.5. The summed E-state index contributed by atoms with van der Waals surface area (Å²) in [6, 6.07) is 0. The summed E-state index contributed by atoms with van der Waals surface area (Å²) in [6.45, 7) is 3.93. The first-order valence-electron chi connectivity index (χ1n) is 8.12. The van der Waals surface area contributed by atoms with E-state index in [1.54, 1.807) is 0 Å². The third-order valence-corrected chi connectivity index (χ3v) is 3.42. The minimum atomic E-state index is 0.0680. The predicted octanol–water partition coefficient (Wildman–Crippen LogP) is 4.67. The second-order valence-corrected chi connectivity index (χ2v) is 5.29. The van der Waals surface area contributed by atoms with Crippen molar-refractivity contribution in [3.63, 3.8) is 0 Å². The first-order valence-corrected chi connectivity index (χ1v) is 8.12. The maximum absolute atomic E-state index is 5.68. The van der Waals surface area contributed by atoms with Crippen molar-refractivity contribution in [3.8, 4) is 11.8 Å². The van der Waals surface area contributed by atoms with E-state index in [1.165, 1.54) is 38.5 Å². The summed E-state index contributed by atoms with van der Waals surface area (Å²) in [4.78, 5) is 0. The molecule has 110 valence electrons. The molecule has 1 atom stereocenters. The third-order valence-electron chi connectivity index (χ3n) is 3.42. The molecule has 0 aromatic rings. The van der Waals surface area contributed by atoms with Gasteiger partial charge in [-0.15, -0.1) is 11.8 Å². The fourth-order valence-electron chi connectivity index (χ4n) is 2.19. The van der Waals surface area contributed by atoms with Crippen molar-refractivity contribution in [2.75, 3.05) is 13.2 Å². The Bertz CT molecular complexity index is 246. The number of unbranched alkanes of at least 4 members (excludes halogenated alkanes) is 6. The molecule has 1 aliphatic rings. The zero-order valence-electron chi connectivity index (χ0n) is 12.6. The zero-order valence-corrected chi connectivity index (χ0v) is 12.6. The highest BCUT2D eigenvalue weighted by Gasteiger charge is 2.12. The van der Waals surface area contributed by atoms with E-state index in [0.717, 1.165) is 45.3 Å². The van der Waals surface area contributed by atoms with Gasteiger partial charge in [0.05, 0.1) is 0 Å². The fourth-order valence-corrected chi connectivity index (χ4v) is 2.19. The van der Waals surface area contributed by atoms with Crippen LogP contribution >= 0.6 is 0 Å². The Balaban J connectivity index is 1.81. The second-order valence-electron chi connectivity index (χ2n) is 5.29. The standard InChI is InChI=1S/C17H30O2/c1-2-3-4-5-6-7-8-9-10-12-15-18-17-14-11-13-16-19-17/h17H,2-6,9-16H2,1H3/t17-/m1/s1. The molecule has 0 aromatic heterocycles. The quantitative estimate of drug-likeness (QED) is 0.446. The number of hydrogen-bond acceptors (Lipinski definition) is 2. The molecule has 1 fully saturated rings. The van der Waals surface area contributed by atoms with Gasteiger partial charge in [0.25, 0.3) is 0 Å². The van der Waals surface area contributed by atoms with Crippen molar-refractivity contribution in [2.45, 2.75) is 83.8 Å². The molecule has 0 aliphatic carbocycles. The number of ether oxygens (including phenoxy) is 2. The monoisotopic (exact) mass is 266 g/mol. The normalized spacial score (nSPS) is 18.9. The van der Waals surface area contributed by atoms with Gasteiger partial charge in [0, 0.05) is 26.1 Å². The summed E-state index contributed by atoms with van der Waals surface area (Å²) in [5, 5.41) is 0. The lowest BCUT2D eigenvalue weighted by Crippen LogP contribution is -2.22.